The van der Waals surface area contributed by atoms with E-state index in [1.54, 1.807) is 24.3 Å². The number of ketones is 1. The van der Waals surface area contributed by atoms with Gasteiger partial charge in [0.25, 0.3) is 0 Å². The highest BCUT2D eigenvalue weighted by atomic mass is 32.2. The molecule has 0 radical (unpaired) electrons. The van der Waals surface area contributed by atoms with Crippen molar-refractivity contribution in [1.29, 1.82) is 0 Å². The second kappa shape index (κ2) is 4.46. The Morgan fingerprint density at radius 2 is 1.94 bits per heavy atom. The van der Waals surface area contributed by atoms with Crippen LogP contribution in [-0.4, -0.2) is 27.3 Å². The molecule has 0 saturated carbocycles. The minimum absolute atomic E-state index is 0.0313. The second-order valence-electron chi connectivity index (χ2n) is 3.93. The molecule has 17 heavy (non-hydrogen) atoms. The maximum absolute atomic E-state index is 11.7. The van der Waals surface area contributed by atoms with E-state index in [1.165, 1.54) is 11.2 Å². The predicted octanol–water partition coefficient (Wildman–Crippen LogP) is 0.934. The Balaban J connectivity index is 2.30. The number of carbonyl (C=O) groups is 1. The van der Waals surface area contributed by atoms with Gasteiger partial charge in [0.1, 0.15) is 0 Å². The Labute approximate surface area is 101 Å². The number of carbonyl (C=O) groups excluding carboxylic acids is 1. The van der Waals surface area contributed by atoms with Crippen molar-refractivity contribution in [3.63, 3.8) is 0 Å². The third-order valence-corrected chi connectivity index (χ3v) is 4.22. The van der Waals surface area contributed by atoms with Crippen LogP contribution in [0.4, 0.5) is 5.69 Å². The zero-order valence-corrected chi connectivity index (χ0v) is 10.3. The molecule has 0 aromatic heterocycles. The molecule has 92 valence electrons. The lowest BCUT2D eigenvalue weighted by molar-refractivity contribution is 0.101. The van der Waals surface area contributed by atoms with Crippen LogP contribution < -0.4 is 9.03 Å². The van der Waals surface area contributed by atoms with Crippen molar-refractivity contribution in [3.8, 4) is 0 Å². The standard InChI is InChI=1S/C11H14N2O3S/c1-9(14)10-3-5-11(6-4-10)13-8-2-7-12-17(13,15)16/h3-6,12H,2,7-8H2,1H3. The normalized spacial score (nSPS) is 19.0. The van der Waals surface area contributed by atoms with Gasteiger partial charge in [-0.1, -0.05) is 0 Å². The van der Waals surface area contributed by atoms with Crippen molar-refractivity contribution in [2.24, 2.45) is 0 Å². The predicted molar refractivity (Wildman–Crippen MR) is 65.3 cm³/mol. The van der Waals surface area contributed by atoms with E-state index in [0.29, 0.717) is 24.3 Å². The van der Waals surface area contributed by atoms with Crippen LogP contribution >= 0.6 is 0 Å². The lowest BCUT2D eigenvalue weighted by Crippen LogP contribution is -2.47. The van der Waals surface area contributed by atoms with Gasteiger partial charge in [0.15, 0.2) is 5.78 Å². The Kier molecular flexibility index (Phi) is 3.17. The molecule has 1 aromatic carbocycles. The molecule has 0 unspecified atom stereocenters. The van der Waals surface area contributed by atoms with E-state index in [2.05, 4.69) is 4.72 Å². The molecule has 0 spiro atoms. The largest absolute Gasteiger partial charge is 0.301 e. The summed E-state index contributed by atoms with van der Waals surface area (Å²) in [5.74, 6) is -0.0313. The molecular formula is C11H14N2O3S. The fourth-order valence-electron chi connectivity index (χ4n) is 1.75. The number of nitrogens with one attached hydrogen (secondary N) is 1. The number of rotatable bonds is 2. The first-order chi connectivity index (χ1) is 8.00. The molecule has 1 aliphatic rings. The summed E-state index contributed by atoms with van der Waals surface area (Å²) >= 11 is 0. The van der Waals surface area contributed by atoms with E-state index in [1.807, 2.05) is 0 Å². The molecule has 1 saturated heterocycles. The van der Waals surface area contributed by atoms with Gasteiger partial charge in [-0.3, -0.25) is 9.10 Å². The summed E-state index contributed by atoms with van der Waals surface area (Å²) in [6.45, 7) is 2.42. The van der Waals surface area contributed by atoms with E-state index in [4.69, 9.17) is 0 Å². The summed E-state index contributed by atoms with van der Waals surface area (Å²) < 4.78 is 27.3. The van der Waals surface area contributed by atoms with Gasteiger partial charge in [-0.2, -0.15) is 13.1 Å². The van der Waals surface area contributed by atoms with Crippen molar-refractivity contribution in [3.05, 3.63) is 29.8 Å². The summed E-state index contributed by atoms with van der Waals surface area (Å²) in [4.78, 5) is 11.1. The average molecular weight is 254 g/mol. The molecule has 6 heteroatoms. The maximum Gasteiger partial charge on any atom is 0.301 e. The third-order valence-electron chi connectivity index (χ3n) is 2.67. The SMILES string of the molecule is CC(=O)c1ccc(N2CCCNS2(=O)=O)cc1. The summed E-state index contributed by atoms with van der Waals surface area (Å²) in [5, 5.41) is 0. The summed E-state index contributed by atoms with van der Waals surface area (Å²) in [5.41, 5.74) is 1.17. The van der Waals surface area contributed by atoms with Crippen LogP contribution in [0.2, 0.25) is 0 Å². The minimum Gasteiger partial charge on any atom is -0.295 e. The summed E-state index contributed by atoms with van der Waals surface area (Å²) in [6, 6.07) is 6.59. The maximum atomic E-state index is 11.7. The molecular weight excluding hydrogens is 240 g/mol. The molecule has 0 atom stereocenters. The fraction of sp³-hybridized carbons (Fsp3) is 0.364. The first-order valence-electron chi connectivity index (χ1n) is 5.39. The van der Waals surface area contributed by atoms with E-state index in [9.17, 15) is 13.2 Å². The van der Waals surface area contributed by atoms with Gasteiger partial charge < -0.3 is 0 Å². The van der Waals surface area contributed by atoms with Crippen molar-refractivity contribution >= 4 is 21.7 Å². The van der Waals surface area contributed by atoms with Crippen LogP contribution in [0, 0.1) is 0 Å². The molecule has 2 rings (SSSR count). The Bertz CT molecular complexity index is 522. The van der Waals surface area contributed by atoms with Crippen LogP contribution in [-0.2, 0) is 10.2 Å². The Morgan fingerprint density at radius 3 is 2.47 bits per heavy atom. The van der Waals surface area contributed by atoms with Gasteiger partial charge in [0, 0.05) is 18.7 Å². The van der Waals surface area contributed by atoms with E-state index >= 15 is 0 Å². The Hall–Kier alpha value is -1.40. The summed E-state index contributed by atoms with van der Waals surface area (Å²) in [6.07, 6.45) is 0.772. The molecule has 1 aliphatic heterocycles. The number of anilines is 1. The van der Waals surface area contributed by atoms with Crippen molar-refractivity contribution in [2.45, 2.75) is 13.3 Å². The van der Waals surface area contributed by atoms with Crippen LogP contribution in [0.15, 0.2) is 24.3 Å². The number of hydrogen-bond donors (Lipinski definition) is 1. The number of benzene rings is 1. The molecule has 1 N–H and O–H groups in total. The number of Topliss-reactive ketones (excluding diaryl/α,β-unsaturated/α-hetero) is 1. The molecule has 0 aliphatic carbocycles. The quantitative estimate of drug-likeness (QED) is 0.798. The summed E-state index contributed by atoms with van der Waals surface area (Å²) in [7, 11) is -3.41. The lowest BCUT2D eigenvalue weighted by atomic mass is 10.1. The van der Waals surface area contributed by atoms with E-state index < -0.39 is 10.2 Å². The fourth-order valence-corrected chi connectivity index (χ4v) is 3.08. The Morgan fingerprint density at radius 1 is 1.29 bits per heavy atom. The van der Waals surface area contributed by atoms with E-state index in [-0.39, 0.29) is 5.78 Å². The second-order valence-corrected chi connectivity index (χ2v) is 5.61. The molecule has 0 bridgehead atoms. The van der Waals surface area contributed by atoms with Crippen molar-refractivity contribution < 1.29 is 13.2 Å². The van der Waals surface area contributed by atoms with Crippen LogP contribution in [0.1, 0.15) is 23.7 Å². The molecule has 1 aromatic rings. The van der Waals surface area contributed by atoms with Gasteiger partial charge in [0.2, 0.25) is 0 Å². The highest BCUT2D eigenvalue weighted by Crippen LogP contribution is 2.20. The van der Waals surface area contributed by atoms with Crippen LogP contribution in [0.25, 0.3) is 0 Å². The molecule has 1 fully saturated rings. The number of hydrogen-bond acceptors (Lipinski definition) is 3. The lowest BCUT2D eigenvalue weighted by Gasteiger charge is -2.28. The monoisotopic (exact) mass is 254 g/mol. The zero-order valence-electron chi connectivity index (χ0n) is 9.51. The molecule has 5 nitrogen and oxygen atoms in total. The third kappa shape index (κ3) is 2.48. The topological polar surface area (TPSA) is 66.5 Å². The highest BCUT2D eigenvalue weighted by Gasteiger charge is 2.25. The zero-order chi connectivity index (χ0) is 12.5. The van der Waals surface area contributed by atoms with Gasteiger partial charge in [0.05, 0.1) is 5.69 Å². The van der Waals surface area contributed by atoms with Crippen molar-refractivity contribution in [1.82, 2.24) is 4.72 Å². The first kappa shape index (κ1) is 12.1. The van der Waals surface area contributed by atoms with E-state index in [0.717, 1.165) is 6.42 Å². The van der Waals surface area contributed by atoms with Crippen LogP contribution in [0.5, 0.6) is 0 Å². The highest BCUT2D eigenvalue weighted by molar-refractivity contribution is 7.90. The van der Waals surface area contributed by atoms with Gasteiger partial charge in [-0.25, -0.2) is 0 Å². The minimum atomic E-state index is -3.41. The number of nitrogens with zero attached hydrogens (tertiary/aromatic N) is 1. The first-order valence-corrected chi connectivity index (χ1v) is 6.83. The van der Waals surface area contributed by atoms with Gasteiger partial charge in [-0.05, 0) is 37.6 Å². The van der Waals surface area contributed by atoms with Gasteiger partial charge >= 0.3 is 10.2 Å². The van der Waals surface area contributed by atoms with Crippen molar-refractivity contribution in [2.75, 3.05) is 17.4 Å². The van der Waals surface area contributed by atoms with Gasteiger partial charge in [-0.15, -0.1) is 0 Å². The molecule has 1 heterocycles. The smallest absolute Gasteiger partial charge is 0.295 e. The molecule has 0 amide bonds. The average Bonchev–Trinajstić information content (AvgIpc) is 2.28. The van der Waals surface area contributed by atoms with Crippen LogP contribution in [0.3, 0.4) is 0 Å².